The fourth-order valence-corrected chi connectivity index (χ4v) is 2.09. The standard InChI is InChI=1S/C18H16ClN3O2/c1-24-17-7-5-13(6-8-17)11-22-18(23)14(10-20)12-21-16-4-2-3-15(19)9-16/h2-9,12,21H,11H2,1H3,(H,22,23)/b14-12-. The summed E-state index contributed by atoms with van der Waals surface area (Å²) in [4.78, 5) is 12.1. The van der Waals surface area contributed by atoms with Gasteiger partial charge in [0.25, 0.3) is 5.91 Å². The average Bonchev–Trinajstić information content (AvgIpc) is 2.61. The number of nitriles is 1. The van der Waals surface area contributed by atoms with Crippen LogP contribution in [0.1, 0.15) is 5.56 Å². The Balaban J connectivity index is 1.95. The molecule has 2 aromatic carbocycles. The van der Waals surface area contributed by atoms with Crippen LogP contribution in [-0.4, -0.2) is 13.0 Å². The van der Waals surface area contributed by atoms with E-state index < -0.39 is 5.91 Å². The van der Waals surface area contributed by atoms with Gasteiger partial charge in [-0.1, -0.05) is 29.8 Å². The van der Waals surface area contributed by atoms with Crippen LogP contribution in [0.15, 0.2) is 60.3 Å². The van der Waals surface area contributed by atoms with Crippen LogP contribution in [0.3, 0.4) is 0 Å². The number of rotatable bonds is 6. The van der Waals surface area contributed by atoms with E-state index in [9.17, 15) is 4.79 Å². The number of methoxy groups -OCH3 is 1. The molecule has 0 heterocycles. The van der Waals surface area contributed by atoms with Crippen LogP contribution in [0.25, 0.3) is 0 Å². The molecule has 0 aliphatic heterocycles. The van der Waals surface area contributed by atoms with Crippen molar-refractivity contribution in [1.82, 2.24) is 5.32 Å². The Morgan fingerprint density at radius 3 is 2.67 bits per heavy atom. The van der Waals surface area contributed by atoms with Crippen LogP contribution in [0.4, 0.5) is 5.69 Å². The van der Waals surface area contributed by atoms with Gasteiger partial charge in [-0.05, 0) is 35.9 Å². The highest BCUT2D eigenvalue weighted by Crippen LogP contribution is 2.15. The molecule has 2 aromatic rings. The number of amides is 1. The highest BCUT2D eigenvalue weighted by molar-refractivity contribution is 6.30. The number of nitrogens with one attached hydrogen (secondary N) is 2. The van der Waals surface area contributed by atoms with E-state index in [2.05, 4.69) is 10.6 Å². The Hall–Kier alpha value is -2.97. The van der Waals surface area contributed by atoms with Crippen molar-refractivity contribution in [3.05, 3.63) is 70.9 Å². The quantitative estimate of drug-likeness (QED) is 0.623. The van der Waals surface area contributed by atoms with Crippen molar-refractivity contribution in [2.24, 2.45) is 0 Å². The molecule has 0 aliphatic carbocycles. The second-order valence-corrected chi connectivity index (χ2v) is 5.29. The maximum atomic E-state index is 12.1. The van der Waals surface area contributed by atoms with E-state index >= 15 is 0 Å². The monoisotopic (exact) mass is 341 g/mol. The van der Waals surface area contributed by atoms with Gasteiger partial charge in [0, 0.05) is 23.5 Å². The number of hydrogen-bond donors (Lipinski definition) is 2. The lowest BCUT2D eigenvalue weighted by Gasteiger charge is -2.06. The molecule has 24 heavy (non-hydrogen) atoms. The molecule has 0 saturated heterocycles. The lowest BCUT2D eigenvalue weighted by atomic mass is 10.2. The topological polar surface area (TPSA) is 74.1 Å². The number of nitrogens with zero attached hydrogens (tertiary/aromatic N) is 1. The fourth-order valence-electron chi connectivity index (χ4n) is 1.90. The van der Waals surface area contributed by atoms with Crippen molar-refractivity contribution in [3.8, 4) is 11.8 Å². The third-order valence-electron chi connectivity index (χ3n) is 3.18. The van der Waals surface area contributed by atoms with E-state index in [1.807, 2.05) is 30.3 Å². The van der Waals surface area contributed by atoms with Crippen LogP contribution < -0.4 is 15.4 Å². The van der Waals surface area contributed by atoms with Crippen molar-refractivity contribution in [2.75, 3.05) is 12.4 Å². The number of carbonyl (C=O) groups excluding carboxylic acids is 1. The van der Waals surface area contributed by atoms with Crippen LogP contribution in [0, 0.1) is 11.3 Å². The fraction of sp³-hybridized carbons (Fsp3) is 0.111. The Bertz CT molecular complexity index is 780. The third-order valence-corrected chi connectivity index (χ3v) is 3.42. The van der Waals surface area contributed by atoms with E-state index in [1.165, 1.54) is 6.20 Å². The van der Waals surface area contributed by atoms with Gasteiger partial charge in [-0.15, -0.1) is 0 Å². The Morgan fingerprint density at radius 2 is 2.04 bits per heavy atom. The average molecular weight is 342 g/mol. The predicted octanol–water partition coefficient (Wildman–Crippen LogP) is 3.48. The summed E-state index contributed by atoms with van der Waals surface area (Å²) in [6.07, 6.45) is 1.36. The SMILES string of the molecule is COc1ccc(CNC(=O)/C(C#N)=C\Nc2cccc(Cl)c2)cc1. The van der Waals surface area contributed by atoms with Crippen molar-refractivity contribution < 1.29 is 9.53 Å². The van der Waals surface area contributed by atoms with Gasteiger partial charge in [0.1, 0.15) is 17.4 Å². The van der Waals surface area contributed by atoms with E-state index in [0.29, 0.717) is 17.3 Å². The maximum absolute atomic E-state index is 12.1. The lowest BCUT2D eigenvalue weighted by molar-refractivity contribution is -0.117. The normalized spacial score (nSPS) is 10.6. The number of anilines is 1. The number of benzene rings is 2. The van der Waals surface area contributed by atoms with Gasteiger partial charge in [-0.2, -0.15) is 5.26 Å². The minimum atomic E-state index is -0.456. The number of halogens is 1. The summed E-state index contributed by atoms with van der Waals surface area (Å²) in [6.45, 7) is 0.318. The molecule has 0 radical (unpaired) electrons. The molecular weight excluding hydrogens is 326 g/mol. The summed E-state index contributed by atoms with van der Waals surface area (Å²) in [5, 5.41) is 15.3. The second-order valence-electron chi connectivity index (χ2n) is 4.86. The minimum Gasteiger partial charge on any atom is -0.497 e. The molecule has 122 valence electrons. The Labute approximate surface area is 145 Å². The van der Waals surface area contributed by atoms with Gasteiger partial charge in [0.2, 0.25) is 0 Å². The van der Waals surface area contributed by atoms with E-state index in [-0.39, 0.29) is 5.57 Å². The molecule has 0 atom stereocenters. The van der Waals surface area contributed by atoms with Gasteiger partial charge in [-0.3, -0.25) is 4.79 Å². The second kappa shape index (κ2) is 8.61. The van der Waals surface area contributed by atoms with Gasteiger partial charge in [0.15, 0.2) is 0 Å². The van der Waals surface area contributed by atoms with Gasteiger partial charge >= 0.3 is 0 Å². The van der Waals surface area contributed by atoms with E-state index in [1.54, 1.807) is 31.4 Å². The molecule has 2 N–H and O–H groups in total. The van der Waals surface area contributed by atoms with E-state index in [0.717, 1.165) is 11.3 Å². The zero-order valence-electron chi connectivity index (χ0n) is 13.0. The first-order chi connectivity index (χ1) is 11.6. The van der Waals surface area contributed by atoms with Crippen molar-refractivity contribution in [3.63, 3.8) is 0 Å². The molecular formula is C18H16ClN3O2. The van der Waals surface area contributed by atoms with Crippen molar-refractivity contribution >= 4 is 23.2 Å². The number of carbonyl (C=O) groups is 1. The number of ether oxygens (including phenoxy) is 1. The van der Waals surface area contributed by atoms with Crippen LogP contribution in [-0.2, 0) is 11.3 Å². The first kappa shape index (κ1) is 17.4. The molecule has 5 nitrogen and oxygen atoms in total. The van der Waals surface area contributed by atoms with Gasteiger partial charge < -0.3 is 15.4 Å². The summed E-state index contributed by atoms with van der Waals surface area (Å²) in [5.74, 6) is 0.288. The highest BCUT2D eigenvalue weighted by Gasteiger charge is 2.08. The lowest BCUT2D eigenvalue weighted by Crippen LogP contribution is -2.24. The Kier molecular flexibility index (Phi) is 6.23. The molecule has 0 bridgehead atoms. The summed E-state index contributed by atoms with van der Waals surface area (Å²) in [6, 6.07) is 16.2. The van der Waals surface area contributed by atoms with E-state index in [4.69, 9.17) is 21.6 Å². The Morgan fingerprint density at radius 1 is 1.29 bits per heavy atom. The highest BCUT2D eigenvalue weighted by atomic mass is 35.5. The summed E-state index contributed by atoms with van der Waals surface area (Å²) >= 11 is 5.88. The smallest absolute Gasteiger partial charge is 0.263 e. The first-order valence-electron chi connectivity index (χ1n) is 7.16. The summed E-state index contributed by atoms with van der Waals surface area (Å²) in [7, 11) is 1.59. The molecule has 0 spiro atoms. The zero-order chi connectivity index (χ0) is 17.4. The van der Waals surface area contributed by atoms with Crippen LogP contribution >= 0.6 is 11.6 Å². The number of hydrogen-bond acceptors (Lipinski definition) is 4. The third kappa shape index (κ3) is 5.04. The molecule has 2 rings (SSSR count). The summed E-state index contributed by atoms with van der Waals surface area (Å²) < 4.78 is 5.08. The molecule has 0 aliphatic rings. The van der Waals surface area contributed by atoms with Crippen molar-refractivity contribution in [1.29, 1.82) is 5.26 Å². The zero-order valence-corrected chi connectivity index (χ0v) is 13.8. The van der Waals surface area contributed by atoms with Crippen LogP contribution in [0.2, 0.25) is 5.02 Å². The molecule has 0 saturated carbocycles. The predicted molar refractivity (Wildman–Crippen MR) is 93.6 cm³/mol. The molecule has 1 amide bonds. The maximum Gasteiger partial charge on any atom is 0.263 e. The molecule has 6 heteroatoms. The minimum absolute atomic E-state index is 0.0245. The molecule has 0 fully saturated rings. The van der Waals surface area contributed by atoms with Crippen LogP contribution in [0.5, 0.6) is 5.75 Å². The van der Waals surface area contributed by atoms with Crippen molar-refractivity contribution in [2.45, 2.75) is 6.54 Å². The molecule has 0 aromatic heterocycles. The largest absolute Gasteiger partial charge is 0.497 e. The molecule has 0 unspecified atom stereocenters. The van der Waals surface area contributed by atoms with Gasteiger partial charge in [0.05, 0.1) is 7.11 Å². The summed E-state index contributed by atoms with van der Waals surface area (Å²) in [5.41, 5.74) is 1.57. The van der Waals surface area contributed by atoms with Gasteiger partial charge in [-0.25, -0.2) is 0 Å². The first-order valence-corrected chi connectivity index (χ1v) is 7.53.